The number of rotatable bonds is 8. The molecule has 1 saturated carbocycles. The molecular weight excluding hydrogens is 408 g/mol. The Morgan fingerprint density at radius 1 is 1.06 bits per heavy atom. The zero-order valence-electron chi connectivity index (χ0n) is 20.2. The molecule has 2 aromatic carbocycles. The Kier molecular flexibility index (Phi) is 7.87. The molecular formula is C29H38N2O2. The maximum absolute atomic E-state index is 13.3. The van der Waals surface area contributed by atoms with Crippen molar-refractivity contribution >= 4 is 11.5 Å². The number of carbonyl (C=O) groups is 1. The molecule has 176 valence electrons. The summed E-state index contributed by atoms with van der Waals surface area (Å²) < 4.78 is 5.57. The van der Waals surface area contributed by atoms with Crippen LogP contribution in [0.15, 0.2) is 60.7 Å². The van der Waals surface area contributed by atoms with Crippen LogP contribution < -0.4 is 10.1 Å². The van der Waals surface area contributed by atoms with E-state index < -0.39 is 0 Å². The number of benzene rings is 2. The average Bonchev–Trinajstić information content (AvgIpc) is 2.85. The smallest absolute Gasteiger partial charge is 0.226 e. The minimum atomic E-state index is -0.216. The third-order valence-corrected chi connectivity index (χ3v) is 7.39. The van der Waals surface area contributed by atoms with Crippen LogP contribution in [0.25, 0.3) is 5.57 Å². The minimum absolute atomic E-state index is 0.111. The van der Waals surface area contributed by atoms with Crippen LogP contribution in [0.5, 0.6) is 5.75 Å². The number of nitrogens with zero attached hydrogens (tertiary/aromatic N) is 1. The molecule has 1 heterocycles. The van der Waals surface area contributed by atoms with E-state index in [-0.39, 0.29) is 17.4 Å². The lowest BCUT2D eigenvalue weighted by Crippen LogP contribution is -2.50. The molecule has 1 aliphatic carbocycles. The lowest BCUT2D eigenvalue weighted by atomic mass is 9.75. The van der Waals surface area contributed by atoms with Gasteiger partial charge in [0.15, 0.2) is 0 Å². The molecule has 4 rings (SSSR count). The summed E-state index contributed by atoms with van der Waals surface area (Å²) in [5.41, 5.74) is 3.60. The molecule has 0 radical (unpaired) electrons. The number of amides is 1. The average molecular weight is 447 g/mol. The van der Waals surface area contributed by atoms with Gasteiger partial charge in [-0.05, 0) is 42.9 Å². The van der Waals surface area contributed by atoms with Gasteiger partial charge in [-0.3, -0.25) is 9.69 Å². The Bertz CT molecular complexity index is 947. The lowest BCUT2D eigenvalue weighted by Gasteiger charge is -2.36. The van der Waals surface area contributed by atoms with Crippen molar-refractivity contribution in [3.63, 3.8) is 0 Å². The van der Waals surface area contributed by atoms with Crippen LogP contribution in [0.4, 0.5) is 0 Å². The molecule has 4 heteroatoms. The van der Waals surface area contributed by atoms with Crippen LogP contribution in [0.3, 0.4) is 0 Å². The van der Waals surface area contributed by atoms with Crippen LogP contribution >= 0.6 is 0 Å². The van der Waals surface area contributed by atoms with Crippen molar-refractivity contribution < 1.29 is 9.53 Å². The molecule has 2 aromatic rings. The Labute approximate surface area is 199 Å². The van der Waals surface area contributed by atoms with Gasteiger partial charge in [0.05, 0.1) is 7.11 Å². The summed E-state index contributed by atoms with van der Waals surface area (Å²) in [6, 6.07) is 18.9. The normalized spacial score (nSPS) is 19.4. The molecule has 0 unspecified atom stereocenters. The highest BCUT2D eigenvalue weighted by Crippen LogP contribution is 2.36. The van der Waals surface area contributed by atoms with E-state index >= 15 is 0 Å². The Morgan fingerprint density at radius 3 is 2.48 bits per heavy atom. The highest BCUT2D eigenvalue weighted by Gasteiger charge is 2.35. The molecule has 1 atom stereocenters. The molecule has 0 spiro atoms. The summed E-state index contributed by atoms with van der Waals surface area (Å²) in [4.78, 5) is 15.8. The van der Waals surface area contributed by atoms with Crippen LogP contribution in [-0.4, -0.2) is 43.6 Å². The molecule has 1 aliphatic heterocycles. The van der Waals surface area contributed by atoms with Crippen molar-refractivity contribution in [2.75, 3.05) is 26.7 Å². The van der Waals surface area contributed by atoms with E-state index in [0.717, 1.165) is 63.9 Å². The van der Waals surface area contributed by atoms with Crippen LogP contribution in [0, 0.1) is 5.41 Å². The van der Waals surface area contributed by atoms with Gasteiger partial charge in [0.1, 0.15) is 5.75 Å². The standard InChI is InChI=1S/C29H38N2O2/c1-29(17-9-4-10-18-29)28(32)30-25(21-23-11-5-3-6-12-23)22-31-19-15-24(16-20-31)26-13-7-8-14-27(26)33-2/h3,5-8,11-15,25H,4,9-10,16-22H2,1-2H3,(H,30,32)/t25-/m1/s1. The van der Waals surface area contributed by atoms with E-state index in [4.69, 9.17) is 4.74 Å². The zero-order chi connectivity index (χ0) is 23.1. The van der Waals surface area contributed by atoms with Gasteiger partial charge < -0.3 is 10.1 Å². The van der Waals surface area contributed by atoms with E-state index in [9.17, 15) is 4.79 Å². The number of hydrogen-bond donors (Lipinski definition) is 1. The molecule has 0 saturated heterocycles. The van der Waals surface area contributed by atoms with Gasteiger partial charge in [-0.15, -0.1) is 0 Å². The predicted octanol–water partition coefficient (Wildman–Crippen LogP) is 5.48. The highest BCUT2D eigenvalue weighted by molar-refractivity contribution is 5.82. The Balaban J connectivity index is 1.44. The predicted molar refractivity (Wildman–Crippen MR) is 135 cm³/mol. The fourth-order valence-electron chi connectivity index (χ4n) is 5.32. The first kappa shape index (κ1) is 23.6. The molecule has 1 fully saturated rings. The molecule has 33 heavy (non-hydrogen) atoms. The van der Waals surface area contributed by atoms with Gasteiger partial charge >= 0.3 is 0 Å². The largest absolute Gasteiger partial charge is 0.496 e. The monoisotopic (exact) mass is 446 g/mol. The summed E-state index contributed by atoms with van der Waals surface area (Å²) in [7, 11) is 1.73. The van der Waals surface area contributed by atoms with Gasteiger partial charge in [0.25, 0.3) is 0 Å². The fourth-order valence-corrected chi connectivity index (χ4v) is 5.32. The van der Waals surface area contributed by atoms with Crippen molar-refractivity contribution in [1.82, 2.24) is 10.2 Å². The van der Waals surface area contributed by atoms with Crippen molar-refractivity contribution in [2.45, 2.75) is 57.9 Å². The first-order chi connectivity index (χ1) is 16.1. The van der Waals surface area contributed by atoms with E-state index in [0.29, 0.717) is 0 Å². The van der Waals surface area contributed by atoms with Gasteiger partial charge in [-0.1, -0.05) is 80.8 Å². The Morgan fingerprint density at radius 2 is 1.79 bits per heavy atom. The van der Waals surface area contributed by atoms with Crippen molar-refractivity contribution in [2.24, 2.45) is 5.41 Å². The molecule has 0 bridgehead atoms. The van der Waals surface area contributed by atoms with Crippen LogP contribution in [-0.2, 0) is 11.2 Å². The van der Waals surface area contributed by atoms with E-state index in [1.165, 1.54) is 23.1 Å². The lowest BCUT2D eigenvalue weighted by molar-refractivity contribution is -0.132. The van der Waals surface area contributed by atoms with Crippen molar-refractivity contribution in [3.05, 3.63) is 71.8 Å². The SMILES string of the molecule is COc1ccccc1C1=CCN(C[C@@H](Cc2ccccc2)NC(=O)C2(C)CCCCC2)CC1. The highest BCUT2D eigenvalue weighted by atomic mass is 16.5. The maximum atomic E-state index is 13.3. The number of ether oxygens (including phenoxy) is 1. The third-order valence-electron chi connectivity index (χ3n) is 7.39. The summed E-state index contributed by atoms with van der Waals surface area (Å²) >= 11 is 0. The minimum Gasteiger partial charge on any atom is -0.496 e. The molecule has 0 aromatic heterocycles. The second kappa shape index (κ2) is 11.0. The van der Waals surface area contributed by atoms with E-state index in [1.807, 2.05) is 12.1 Å². The van der Waals surface area contributed by atoms with E-state index in [2.05, 4.69) is 65.7 Å². The molecule has 4 nitrogen and oxygen atoms in total. The first-order valence-corrected chi connectivity index (χ1v) is 12.5. The van der Waals surface area contributed by atoms with E-state index in [1.54, 1.807) is 7.11 Å². The number of para-hydroxylation sites is 1. The molecule has 1 N–H and O–H groups in total. The summed E-state index contributed by atoms with van der Waals surface area (Å²) in [6.07, 6.45) is 9.77. The number of methoxy groups -OCH3 is 1. The first-order valence-electron chi connectivity index (χ1n) is 12.5. The quantitative estimate of drug-likeness (QED) is 0.584. The van der Waals surface area contributed by atoms with Crippen molar-refractivity contribution in [3.8, 4) is 5.75 Å². The van der Waals surface area contributed by atoms with Crippen LogP contribution in [0.2, 0.25) is 0 Å². The molecule has 2 aliphatic rings. The van der Waals surface area contributed by atoms with Gasteiger partial charge in [0, 0.05) is 36.7 Å². The van der Waals surface area contributed by atoms with Crippen LogP contribution in [0.1, 0.15) is 56.6 Å². The second-order valence-electron chi connectivity index (χ2n) is 9.92. The number of nitrogens with one attached hydrogen (secondary N) is 1. The van der Waals surface area contributed by atoms with Gasteiger partial charge in [-0.25, -0.2) is 0 Å². The fraction of sp³-hybridized carbons (Fsp3) is 0.483. The summed E-state index contributed by atoms with van der Waals surface area (Å²) in [5.74, 6) is 1.18. The second-order valence-corrected chi connectivity index (χ2v) is 9.92. The third kappa shape index (κ3) is 6.05. The zero-order valence-corrected chi connectivity index (χ0v) is 20.2. The van der Waals surface area contributed by atoms with Gasteiger partial charge in [0.2, 0.25) is 5.91 Å². The summed E-state index contributed by atoms with van der Waals surface area (Å²) in [6.45, 7) is 4.91. The number of hydrogen-bond acceptors (Lipinski definition) is 3. The maximum Gasteiger partial charge on any atom is 0.226 e. The Hall–Kier alpha value is -2.59. The summed E-state index contributed by atoms with van der Waals surface area (Å²) in [5, 5.41) is 3.46. The van der Waals surface area contributed by atoms with Crippen molar-refractivity contribution in [1.29, 1.82) is 0 Å². The topological polar surface area (TPSA) is 41.6 Å². The van der Waals surface area contributed by atoms with Gasteiger partial charge in [-0.2, -0.15) is 0 Å². The molecule has 1 amide bonds. The number of carbonyl (C=O) groups excluding carboxylic acids is 1.